The van der Waals surface area contributed by atoms with Gasteiger partial charge in [0.2, 0.25) is 0 Å². The number of hydrogen-bond donors (Lipinski definition) is 1. The zero-order chi connectivity index (χ0) is 17.6. The molecule has 10 heteroatoms. The standard InChI is InChI=1S/C14H26N4.ClHO4.Ni/c1-13-5-11-15-7-3-8-16-12-6-14(2)18-10-4-9-17-13;2-1(3,4)5;/h3-12H2,1-2H3;(H,2,3,4,5);/q-2;;+2. The molecule has 0 amide bonds. The molecule has 0 bridgehead atoms. The summed E-state index contributed by atoms with van der Waals surface area (Å²) in [5, 5.41) is 9.00. The molecule has 0 atom stereocenters. The maximum Gasteiger partial charge on any atom is 2.00 e. The molecular weight excluding hydrogens is 382 g/mol. The van der Waals surface area contributed by atoms with Crippen LogP contribution >= 0.6 is 0 Å². The fourth-order valence-electron chi connectivity index (χ4n) is 1.77. The van der Waals surface area contributed by atoms with Crippen LogP contribution in [0.3, 0.4) is 0 Å². The van der Waals surface area contributed by atoms with Gasteiger partial charge in [0, 0.05) is 24.5 Å². The number of aliphatic imine (C=N–C) groups is 2. The number of nitrogens with zero attached hydrogens (tertiary/aromatic N) is 4. The topological polar surface area (TPSA) is 142 Å². The predicted molar refractivity (Wildman–Crippen MR) is 82.8 cm³/mol. The second-order valence-corrected chi connectivity index (χ2v) is 5.97. The van der Waals surface area contributed by atoms with E-state index in [1.165, 1.54) is 11.4 Å². The van der Waals surface area contributed by atoms with Crippen molar-refractivity contribution in [2.75, 3.05) is 39.3 Å². The Hall–Kier alpha value is -0.116. The van der Waals surface area contributed by atoms with Crippen LogP contribution in [0.4, 0.5) is 0 Å². The Kier molecular flexibility index (Phi) is 17.8. The summed E-state index contributed by atoms with van der Waals surface area (Å²) in [7, 11) is -4.69. The van der Waals surface area contributed by atoms with Crippen molar-refractivity contribution in [3.63, 3.8) is 0 Å². The molecule has 1 aliphatic rings. The minimum Gasteiger partial charge on any atom is -0.662 e. The van der Waals surface area contributed by atoms with E-state index in [0.29, 0.717) is 0 Å². The average Bonchev–Trinajstić information content (AvgIpc) is 2.42. The van der Waals surface area contributed by atoms with Crippen molar-refractivity contribution in [1.82, 2.24) is 0 Å². The fourth-order valence-corrected chi connectivity index (χ4v) is 1.77. The van der Waals surface area contributed by atoms with E-state index < -0.39 is 10.2 Å². The smallest absolute Gasteiger partial charge is 0.662 e. The quantitative estimate of drug-likeness (QED) is 0.517. The fraction of sp³-hybridized carbons (Fsp3) is 0.857. The molecule has 0 radical (unpaired) electrons. The van der Waals surface area contributed by atoms with E-state index in [1.807, 2.05) is 0 Å². The van der Waals surface area contributed by atoms with Crippen molar-refractivity contribution >= 4 is 11.4 Å². The molecule has 0 spiro atoms. The van der Waals surface area contributed by atoms with E-state index in [1.54, 1.807) is 0 Å². The second-order valence-electron chi connectivity index (χ2n) is 5.18. The van der Waals surface area contributed by atoms with Gasteiger partial charge in [0.15, 0.2) is 0 Å². The molecule has 1 heterocycles. The molecule has 1 aliphatic heterocycles. The second kappa shape index (κ2) is 16.4. The minimum absolute atomic E-state index is 0. The van der Waals surface area contributed by atoms with Crippen LogP contribution in [0.2, 0.25) is 0 Å². The van der Waals surface area contributed by atoms with Crippen LogP contribution in [-0.2, 0) is 16.5 Å². The van der Waals surface area contributed by atoms with Gasteiger partial charge in [0.05, 0.1) is 14.9 Å². The van der Waals surface area contributed by atoms with Gasteiger partial charge in [0.25, 0.3) is 0 Å². The summed E-state index contributed by atoms with van der Waals surface area (Å²) in [6, 6.07) is 0. The van der Waals surface area contributed by atoms with E-state index in [0.717, 1.165) is 65.0 Å². The summed E-state index contributed by atoms with van der Waals surface area (Å²) >= 11 is 0. The zero-order valence-corrected chi connectivity index (χ0v) is 16.0. The Morgan fingerprint density at radius 3 is 1.58 bits per heavy atom. The Balaban J connectivity index is 0. The van der Waals surface area contributed by atoms with Crippen molar-refractivity contribution in [3.8, 4) is 0 Å². The molecule has 0 aromatic rings. The van der Waals surface area contributed by atoms with Crippen LogP contribution in [0.25, 0.3) is 10.6 Å². The Morgan fingerprint density at radius 2 is 1.21 bits per heavy atom. The molecule has 8 nitrogen and oxygen atoms in total. The molecule has 0 saturated carbocycles. The molecule has 24 heavy (non-hydrogen) atoms. The van der Waals surface area contributed by atoms with Crippen LogP contribution in [0.5, 0.6) is 0 Å². The van der Waals surface area contributed by atoms with Crippen molar-refractivity contribution in [3.05, 3.63) is 10.6 Å². The monoisotopic (exact) mass is 408 g/mol. The molecule has 1 rings (SSSR count). The van der Waals surface area contributed by atoms with Crippen LogP contribution in [-0.4, -0.2) is 55.4 Å². The molecular formula is C14H27ClN4NiO4. The van der Waals surface area contributed by atoms with Gasteiger partial charge in [-0.25, -0.2) is 0 Å². The summed E-state index contributed by atoms with van der Waals surface area (Å²) in [6.07, 6.45) is 4.12. The zero-order valence-electron chi connectivity index (χ0n) is 14.2. The molecule has 0 aromatic carbocycles. The van der Waals surface area contributed by atoms with Crippen LogP contribution in [0.15, 0.2) is 9.98 Å². The van der Waals surface area contributed by atoms with E-state index in [-0.39, 0.29) is 16.5 Å². The van der Waals surface area contributed by atoms with Gasteiger partial charge in [0.1, 0.15) is 0 Å². The molecule has 144 valence electrons. The van der Waals surface area contributed by atoms with Crippen molar-refractivity contribution in [2.45, 2.75) is 39.5 Å². The first-order valence-corrected chi connectivity index (χ1v) is 8.95. The number of halogens is 1. The van der Waals surface area contributed by atoms with Crippen molar-refractivity contribution < 1.29 is 45.4 Å². The summed E-state index contributed by atoms with van der Waals surface area (Å²) in [5.41, 5.74) is 2.44. The molecule has 0 aromatic heterocycles. The van der Waals surface area contributed by atoms with Crippen molar-refractivity contribution in [2.24, 2.45) is 9.98 Å². The van der Waals surface area contributed by atoms with Crippen LogP contribution in [0, 0.1) is 10.2 Å². The Morgan fingerprint density at radius 1 is 0.833 bits per heavy atom. The Bertz CT molecular complexity index is 333. The van der Waals surface area contributed by atoms with Gasteiger partial charge in [-0.3, -0.25) is 9.98 Å². The normalized spacial score (nSPS) is 19.1. The first-order chi connectivity index (χ1) is 10.8. The molecule has 0 fully saturated rings. The third-order valence-corrected chi connectivity index (χ3v) is 2.98. The maximum absolute atomic E-state index is 8.60. The average molecular weight is 410 g/mol. The van der Waals surface area contributed by atoms with Gasteiger partial charge in [-0.2, -0.15) is 27.1 Å². The summed E-state index contributed by atoms with van der Waals surface area (Å²) in [4.78, 5) is 9.09. The van der Waals surface area contributed by atoms with Gasteiger partial charge in [-0.05, 0) is 33.1 Å². The summed E-state index contributed by atoms with van der Waals surface area (Å²) in [6.45, 7) is 9.68. The maximum atomic E-state index is 8.60. The van der Waals surface area contributed by atoms with Crippen molar-refractivity contribution in [1.29, 1.82) is 0 Å². The molecule has 0 unspecified atom stereocenters. The van der Waals surface area contributed by atoms with Crippen LogP contribution < -0.4 is 14.0 Å². The minimum atomic E-state index is -4.69. The molecule has 0 saturated heterocycles. The largest absolute Gasteiger partial charge is 2.00 e. The predicted octanol–water partition coefficient (Wildman–Crippen LogP) is -0.897. The van der Waals surface area contributed by atoms with E-state index in [9.17, 15) is 0 Å². The summed E-state index contributed by atoms with van der Waals surface area (Å²) < 4.78 is 32.7. The van der Waals surface area contributed by atoms with Gasteiger partial charge in [-0.1, -0.05) is 6.42 Å². The number of hydrogen-bond acceptors (Lipinski definition) is 6. The number of rotatable bonds is 0. The molecule has 1 N–H and O–H groups in total. The van der Waals surface area contributed by atoms with Gasteiger partial charge in [-0.15, -0.1) is 13.1 Å². The first-order valence-electron chi connectivity index (χ1n) is 7.68. The van der Waals surface area contributed by atoms with E-state index in [2.05, 4.69) is 34.5 Å². The van der Waals surface area contributed by atoms with E-state index >= 15 is 0 Å². The van der Waals surface area contributed by atoms with Gasteiger partial charge >= 0.3 is 16.5 Å². The Labute approximate surface area is 156 Å². The third-order valence-electron chi connectivity index (χ3n) is 2.98. The van der Waals surface area contributed by atoms with E-state index in [4.69, 9.17) is 18.6 Å². The van der Waals surface area contributed by atoms with Crippen LogP contribution in [0.1, 0.15) is 39.5 Å². The third kappa shape index (κ3) is 24.1. The SMILES string of the molecule is CC1=NCCCN=C(C)CC[N-]CCC[N-]CC1.[Ni+2].[O-][Cl+3]([O-])([O-])O. The summed E-state index contributed by atoms with van der Waals surface area (Å²) in [5.74, 6) is 0. The molecule has 0 aliphatic carbocycles. The first kappa shape index (κ1) is 26.1. The van der Waals surface area contributed by atoms with Gasteiger partial charge < -0.3 is 10.6 Å².